The molecule has 6 heteroatoms. The number of ether oxygens (including phenoxy) is 1. The van der Waals surface area contributed by atoms with Gasteiger partial charge in [-0.15, -0.1) is 0 Å². The van der Waals surface area contributed by atoms with Gasteiger partial charge in [-0.1, -0.05) is 18.2 Å². The minimum absolute atomic E-state index is 0.0597. The normalized spacial score (nSPS) is 22.7. The summed E-state index contributed by atoms with van der Waals surface area (Å²) in [6.45, 7) is 2.69. The van der Waals surface area contributed by atoms with Crippen molar-refractivity contribution in [2.24, 2.45) is 5.10 Å². The van der Waals surface area contributed by atoms with Gasteiger partial charge in [0.2, 0.25) is 5.91 Å². The molecule has 2 atom stereocenters. The van der Waals surface area contributed by atoms with Crippen molar-refractivity contribution in [2.45, 2.75) is 44.8 Å². The van der Waals surface area contributed by atoms with Gasteiger partial charge in [0.05, 0.1) is 17.8 Å². The van der Waals surface area contributed by atoms with Gasteiger partial charge in [-0.2, -0.15) is 5.10 Å². The average Bonchev–Trinajstić information content (AvgIpc) is 3.10. The van der Waals surface area contributed by atoms with Crippen LogP contribution in [-0.4, -0.2) is 36.3 Å². The van der Waals surface area contributed by atoms with Gasteiger partial charge in [-0.25, -0.2) is 5.01 Å². The standard InChI is InChI=1S/C17H21N3O3/c1-12(15-8-5-11-23-15)18-17(22)14-9-10-16(21)20(19-14)13-6-3-2-4-7-13/h2-4,6-7,12,15H,5,8-11H2,1H3,(H,18,22). The summed E-state index contributed by atoms with van der Waals surface area (Å²) in [5.41, 5.74) is 1.06. The van der Waals surface area contributed by atoms with E-state index < -0.39 is 0 Å². The Bertz CT molecular complexity index is 609. The molecular formula is C17H21N3O3. The molecule has 2 heterocycles. The maximum absolute atomic E-state index is 12.4. The number of hydrogen-bond acceptors (Lipinski definition) is 4. The first kappa shape index (κ1) is 15.7. The van der Waals surface area contributed by atoms with Crippen LogP contribution in [0.5, 0.6) is 0 Å². The Labute approximate surface area is 135 Å². The summed E-state index contributed by atoms with van der Waals surface area (Å²) in [5.74, 6) is -0.318. The summed E-state index contributed by atoms with van der Waals surface area (Å²) in [7, 11) is 0. The zero-order chi connectivity index (χ0) is 16.2. The molecule has 23 heavy (non-hydrogen) atoms. The highest BCUT2D eigenvalue weighted by molar-refractivity contribution is 6.40. The number of nitrogens with one attached hydrogen (secondary N) is 1. The molecule has 1 aromatic carbocycles. The molecule has 6 nitrogen and oxygen atoms in total. The van der Waals surface area contributed by atoms with Crippen LogP contribution < -0.4 is 10.3 Å². The summed E-state index contributed by atoms with van der Waals surface area (Å²) >= 11 is 0. The van der Waals surface area contributed by atoms with Gasteiger partial charge in [0, 0.05) is 19.4 Å². The molecule has 2 amide bonds. The lowest BCUT2D eigenvalue weighted by Crippen LogP contribution is -2.46. The number of para-hydroxylation sites is 1. The van der Waals surface area contributed by atoms with Gasteiger partial charge in [0.25, 0.3) is 5.91 Å². The lowest BCUT2D eigenvalue weighted by Gasteiger charge is -2.25. The highest BCUT2D eigenvalue weighted by Gasteiger charge is 2.28. The summed E-state index contributed by atoms with van der Waals surface area (Å²) in [6, 6.07) is 9.10. The lowest BCUT2D eigenvalue weighted by atomic mass is 10.1. The van der Waals surface area contributed by atoms with Gasteiger partial charge in [-0.05, 0) is 31.9 Å². The van der Waals surface area contributed by atoms with E-state index in [1.807, 2.05) is 25.1 Å². The van der Waals surface area contributed by atoms with E-state index in [1.165, 1.54) is 5.01 Å². The molecule has 1 saturated heterocycles. The summed E-state index contributed by atoms with van der Waals surface area (Å²) < 4.78 is 5.59. The number of hydrogen-bond donors (Lipinski definition) is 1. The molecule has 3 rings (SSSR count). The second-order valence-electron chi connectivity index (χ2n) is 5.90. The van der Waals surface area contributed by atoms with Crippen LogP contribution in [-0.2, 0) is 14.3 Å². The molecule has 0 aliphatic carbocycles. The van der Waals surface area contributed by atoms with Crippen molar-refractivity contribution in [1.82, 2.24) is 5.32 Å². The summed E-state index contributed by atoms with van der Waals surface area (Å²) in [4.78, 5) is 24.5. The van der Waals surface area contributed by atoms with Crippen molar-refractivity contribution in [1.29, 1.82) is 0 Å². The highest BCUT2D eigenvalue weighted by atomic mass is 16.5. The molecule has 0 radical (unpaired) electrons. The number of carbonyl (C=O) groups excluding carboxylic acids is 2. The van der Waals surface area contributed by atoms with E-state index >= 15 is 0 Å². The van der Waals surface area contributed by atoms with Gasteiger partial charge in [-0.3, -0.25) is 9.59 Å². The molecule has 2 unspecified atom stereocenters. The summed E-state index contributed by atoms with van der Waals surface area (Å²) in [5, 5.41) is 8.52. The van der Waals surface area contributed by atoms with E-state index in [0.29, 0.717) is 17.8 Å². The molecule has 0 bridgehead atoms. The molecule has 2 aliphatic rings. The van der Waals surface area contributed by atoms with Crippen LogP contribution >= 0.6 is 0 Å². The molecular weight excluding hydrogens is 294 g/mol. The van der Waals surface area contributed by atoms with Crippen molar-refractivity contribution >= 4 is 23.2 Å². The Balaban J connectivity index is 1.71. The second kappa shape index (κ2) is 6.91. The number of carbonyl (C=O) groups is 2. The highest BCUT2D eigenvalue weighted by Crippen LogP contribution is 2.20. The molecule has 0 aromatic heterocycles. The number of nitrogens with zero attached hydrogens (tertiary/aromatic N) is 2. The van der Waals surface area contributed by atoms with Gasteiger partial charge in [0.15, 0.2) is 0 Å². The second-order valence-corrected chi connectivity index (χ2v) is 5.90. The van der Waals surface area contributed by atoms with Crippen LogP contribution in [0.15, 0.2) is 35.4 Å². The van der Waals surface area contributed by atoms with Crippen LogP contribution in [0.4, 0.5) is 5.69 Å². The van der Waals surface area contributed by atoms with Gasteiger partial charge >= 0.3 is 0 Å². The smallest absolute Gasteiger partial charge is 0.267 e. The van der Waals surface area contributed by atoms with Crippen molar-refractivity contribution in [3.63, 3.8) is 0 Å². The fraction of sp³-hybridized carbons (Fsp3) is 0.471. The molecule has 1 aromatic rings. The molecule has 2 aliphatic heterocycles. The molecule has 122 valence electrons. The third kappa shape index (κ3) is 3.59. The topological polar surface area (TPSA) is 71.0 Å². The first-order chi connectivity index (χ1) is 11.1. The van der Waals surface area contributed by atoms with E-state index in [0.717, 1.165) is 19.4 Å². The Hall–Kier alpha value is -2.21. The monoisotopic (exact) mass is 315 g/mol. The first-order valence-corrected chi connectivity index (χ1v) is 8.03. The number of benzene rings is 1. The number of hydrazone groups is 1. The van der Waals surface area contributed by atoms with Gasteiger partial charge in [0.1, 0.15) is 5.71 Å². The Morgan fingerprint density at radius 2 is 2.13 bits per heavy atom. The zero-order valence-corrected chi connectivity index (χ0v) is 13.2. The van der Waals surface area contributed by atoms with E-state index in [2.05, 4.69) is 10.4 Å². The minimum atomic E-state index is -0.221. The van der Waals surface area contributed by atoms with E-state index in [9.17, 15) is 9.59 Å². The maximum atomic E-state index is 12.4. The van der Waals surface area contributed by atoms with E-state index in [-0.39, 0.29) is 30.4 Å². The molecule has 0 spiro atoms. The van der Waals surface area contributed by atoms with Crippen LogP contribution in [0, 0.1) is 0 Å². The van der Waals surface area contributed by atoms with Crippen LogP contribution in [0.3, 0.4) is 0 Å². The summed E-state index contributed by atoms with van der Waals surface area (Å²) in [6.07, 6.45) is 2.71. The fourth-order valence-electron chi connectivity index (χ4n) is 2.87. The maximum Gasteiger partial charge on any atom is 0.267 e. The van der Waals surface area contributed by atoms with Crippen molar-refractivity contribution < 1.29 is 14.3 Å². The molecule has 1 N–H and O–H groups in total. The predicted molar refractivity (Wildman–Crippen MR) is 87.2 cm³/mol. The van der Waals surface area contributed by atoms with Crippen molar-refractivity contribution in [3.05, 3.63) is 30.3 Å². The fourth-order valence-corrected chi connectivity index (χ4v) is 2.87. The number of rotatable bonds is 4. The quantitative estimate of drug-likeness (QED) is 0.922. The predicted octanol–water partition coefficient (Wildman–Crippen LogP) is 1.85. The minimum Gasteiger partial charge on any atom is -0.376 e. The third-order valence-electron chi connectivity index (χ3n) is 4.18. The third-order valence-corrected chi connectivity index (χ3v) is 4.18. The molecule has 1 fully saturated rings. The van der Waals surface area contributed by atoms with Crippen LogP contribution in [0.25, 0.3) is 0 Å². The first-order valence-electron chi connectivity index (χ1n) is 8.03. The SMILES string of the molecule is CC(NC(=O)C1=NN(c2ccccc2)C(=O)CC1)C1CCCO1. The van der Waals surface area contributed by atoms with Crippen LogP contribution in [0.1, 0.15) is 32.6 Å². The van der Waals surface area contributed by atoms with Crippen molar-refractivity contribution in [2.75, 3.05) is 11.6 Å². The zero-order valence-electron chi connectivity index (χ0n) is 13.2. The van der Waals surface area contributed by atoms with Crippen molar-refractivity contribution in [3.8, 4) is 0 Å². The number of anilines is 1. The Kier molecular flexibility index (Phi) is 4.71. The Morgan fingerprint density at radius 3 is 2.83 bits per heavy atom. The van der Waals surface area contributed by atoms with E-state index in [4.69, 9.17) is 4.74 Å². The van der Waals surface area contributed by atoms with E-state index in [1.54, 1.807) is 12.1 Å². The Morgan fingerprint density at radius 1 is 1.35 bits per heavy atom. The number of amides is 2. The lowest BCUT2D eigenvalue weighted by molar-refractivity contribution is -0.119. The largest absolute Gasteiger partial charge is 0.376 e. The average molecular weight is 315 g/mol. The van der Waals surface area contributed by atoms with Gasteiger partial charge < -0.3 is 10.1 Å². The van der Waals surface area contributed by atoms with Crippen LogP contribution in [0.2, 0.25) is 0 Å². The molecule has 0 saturated carbocycles.